The molecule has 2 amide bonds. The highest BCUT2D eigenvalue weighted by Gasteiger charge is 2.17. The van der Waals surface area contributed by atoms with Crippen LogP contribution in [0.15, 0.2) is 0 Å². The summed E-state index contributed by atoms with van der Waals surface area (Å²) in [6.45, 7) is 3.65. The predicted octanol–water partition coefficient (Wildman–Crippen LogP) is 2.39. The maximum atomic E-state index is 11.9. The lowest BCUT2D eigenvalue weighted by Gasteiger charge is -2.27. The van der Waals surface area contributed by atoms with E-state index in [-0.39, 0.29) is 6.03 Å². The zero-order chi connectivity index (χ0) is 12.6. The summed E-state index contributed by atoms with van der Waals surface area (Å²) in [7, 11) is 0. The normalized spacial score (nSPS) is 22.6. The maximum absolute atomic E-state index is 11.9. The van der Waals surface area contributed by atoms with E-state index in [9.17, 15) is 4.79 Å². The number of ether oxygens (including phenoxy) is 1. The molecule has 1 saturated carbocycles. The Morgan fingerprint density at radius 1 is 1.11 bits per heavy atom. The second-order valence-electron chi connectivity index (χ2n) is 5.48. The minimum atomic E-state index is 0.0897. The molecule has 18 heavy (non-hydrogen) atoms. The van der Waals surface area contributed by atoms with Crippen LogP contribution in [-0.4, -0.2) is 43.8 Å². The molecule has 0 unspecified atom stereocenters. The van der Waals surface area contributed by atoms with Gasteiger partial charge in [0.25, 0.3) is 0 Å². The van der Waals surface area contributed by atoms with Gasteiger partial charge >= 0.3 is 6.03 Å². The summed E-state index contributed by atoms with van der Waals surface area (Å²) >= 11 is 0. The number of carbonyl (C=O) groups excluding carboxylic acids is 1. The number of nitrogens with zero attached hydrogens (tertiary/aromatic N) is 1. The molecule has 1 heterocycles. The molecule has 0 spiro atoms. The minimum Gasteiger partial charge on any atom is -0.378 e. The summed E-state index contributed by atoms with van der Waals surface area (Å²) in [5, 5.41) is 3.05. The molecule has 2 rings (SSSR count). The van der Waals surface area contributed by atoms with Crippen molar-refractivity contribution in [3.63, 3.8) is 0 Å². The molecular weight excluding hydrogens is 228 g/mol. The molecule has 0 atom stereocenters. The predicted molar refractivity (Wildman–Crippen MR) is 71.6 cm³/mol. The number of hydrogen-bond donors (Lipinski definition) is 1. The Hall–Kier alpha value is -0.770. The standard InChI is InChI=1S/C14H26N2O2/c17-14(16-9-11-18-12-10-16)15-8-7-13-5-3-1-2-4-6-13/h13H,1-12H2,(H,15,17). The first kappa shape index (κ1) is 13.7. The molecule has 1 N–H and O–H groups in total. The molecule has 1 saturated heterocycles. The van der Waals surface area contributed by atoms with Gasteiger partial charge in [-0.15, -0.1) is 0 Å². The minimum absolute atomic E-state index is 0.0897. The zero-order valence-electron chi connectivity index (χ0n) is 11.3. The van der Waals surface area contributed by atoms with Gasteiger partial charge in [-0.05, 0) is 12.3 Å². The van der Waals surface area contributed by atoms with E-state index in [1.807, 2.05) is 4.90 Å². The molecular formula is C14H26N2O2. The third kappa shape index (κ3) is 4.48. The monoisotopic (exact) mass is 254 g/mol. The maximum Gasteiger partial charge on any atom is 0.317 e. The van der Waals surface area contributed by atoms with Gasteiger partial charge in [0.15, 0.2) is 0 Å². The van der Waals surface area contributed by atoms with E-state index in [2.05, 4.69) is 5.32 Å². The van der Waals surface area contributed by atoms with E-state index < -0.39 is 0 Å². The lowest BCUT2D eigenvalue weighted by molar-refractivity contribution is 0.0531. The summed E-state index contributed by atoms with van der Waals surface area (Å²) in [6.07, 6.45) is 9.41. The highest BCUT2D eigenvalue weighted by Crippen LogP contribution is 2.24. The molecule has 0 aromatic carbocycles. The third-order valence-electron chi connectivity index (χ3n) is 4.10. The molecule has 4 nitrogen and oxygen atoms in total. The molecule has 1 aliphatic heterocycles. The van der Waals surface area contributed by atoms with Gasteiger partial charge in [-0.1, -0.05) is 38.5 Å². The second kappa shape index (κ2) is 7.62. The lowest BCUT2D eigenvalue weighted by Crippen LogP contribution is -2.46. The van der Waals surface area contributed by atoms with Crippen LogP contribution in [0.2, 0.25) is 0 Å². The van der Waals surface area contributed by atoms with Crippen molar-refractivity contribution in [1.82, 2.24) is 10.2 Å². The van der Waals surface area contributed by atoms with Gasteiger partial charge in [-0.25, -0.2) is 4.79 Å². The molecule has 0 aromatic heterocycles. The van der Waals surface area contributed by atoms with Crippen molar-refractivity contribution in [2.24, 2.45) is 5.92 Å². The largest absolute Gasteiger partial charge is 0.378 e. The van der Waals surface area contributed by atoms with Crippen LogP contribution in [0.5, 0.6) is 0 Å². The van der Waals surface area contributed by atoms with Crippen molar-refractivity contribution in [3.8, 4) is 0 Å². The molecule has 2 fully saturated rings. The van der Waals surface area contributed by atoms with Gasteiger partial charge in [0.2, 0.25) is 0 Å². The Labute approximate surface area is 110 Å². The zero-order valence-corrected chi connectivity index (χ0v) is 11.3. The number of amides is 2. The topological polar surface area (TPSA) is 41.6 Å². The molecule has 0 aromatic rings. The van der Waals surface area contributed by atoms with Gasteiger partial charge in [0.05, 0.1) is 13.2 Å². The SMILES string of the molecule is O=C(NCCC1CCCCCC1)N1CCOCC1. The van der Waals surface area contributed by atoms with Crippen LogP contribution in [0.3, 0.4) is 0 Å². The number of nitrogens with one attached hydrogen (secondary N) is 1. The molecule has 4 heteroatoms. The molecule has 0 bridgehead atoms. The van der Waals surface area contributed by atoms with E-state index in [1.165, 1.54) is 38.5 Å². The Bertz CT molecular complexity index is 244. The second-order valence-corrected chi connectivity index (χ2v) is 5.48. The Morgan fingerprint density at radius 3 is 2.44 bits per heavy atom. The number of morpholine rings is 1. The summed E-state index contributed by atoms with van der Waals surface area (Å²) in [5.41, 5.74) is 0. The van der Waals surface area contributed by atoms with Gasteiger partial charge in [0.1, 0.15) is 0 Å². The van der Waals surface area contributed by atoms with E-state index in [0.29, 0.717) is 13.2 Å². The summed E-state index contributed by atoms with van der Waals surface area (Å²) in [4.78, 5) is 13.7. The first-order valence-corrected chi connectivity index (χ1v) is 7.47. The Balaban J connectivity index is 1.60. The quantitative estimate of drug-likeness (QED) is 0.786. The highest BCUT2D eigenvalue weighted by atomic mass is 16.5. The molecule has 104 valence electrons. The van der Waals surface area contributed by atoms with Crippen LogP contribution in [0.25, 0.3) is 0 Å². The van der Waals surface area contributed by atoms with E-state index in [4.69, 9.17) is 4.74 Å². The average Bonchev–Trinajstić information content (AvgIpc) is 2.68. The Kier molecular flexibility index (Phi) is 5.78. The number of urea groups is 1. The fourth-order valence-corrected chi connectivity index (χ4v) is 2.91. The van der Waals surface area contributed by atoms with Gasteiger partial charge in [0, 0.05) is 19.6 Å². The van der Waals surface area contributed by atoms with Crippen molar-refractivity contribution in [2.45, 2.75) is 44.9 Å². The van der Waals surface area contributed by atoms with Crippen LogP contribution in [0.4, 0.5) is 4.79 Å². The van der Waals surface area contributed by atoms with Crippen molar-refractivity contribution in [2.75, 3.05) is 32.8 Å². The summed E-state index contributed by atoms with van der Waals surface area (Å²) in [6, 6.07) is 0.0897. The fourth-order valence-electron chi connectivity index (χ4n) is 2.91. The van der Waals surface area contributed by atoms with Crippen LogP contribution in [0, 0.1) is 5.92 Å². The molecule has 0 radical (unpaired) electrons. The smallest absolute Gasteiger partial charge is 0.317 e. The van der Waals surface area contributed by atoms with Crippen LogP contribution in [0.1, 0.15) is 44.9 Å². The van der Waals surface area contributed by atoms with E-state index >= 15 is 0 Å². The highest BCUT2D eigenvalue weighted by molar-refractivity contribution is 5.74. The van der Waals surface area contributed by atoms with Crippen molar-refractivity contribution in [1.29, 1.82) is 0 Å². The summed E-state index contributed by atoms with van der Waals surface area (Å²) in [5.74, 6) is 0.831. The van der Waals surface area contributed by atoms with Crippen molar-refractivity contribution < 1.29 is 9.53 Å². The van der Waals surface area contributed by atoms with Gasteiger partial charge < -0.3 is 15.0 Å². The first-order valence-electron chi connectivity index (χ1n) is 7.47. The third-order valence-corrected chi connectivity index (χ3v) is 4.10. The number of carbonyl (C=O) groups is 1. The van der Waals surface area contributed by atoms with E-state index in [1.54, 1.807) is 0 Å². The van der Waals surface area contributed by atoms with Crippen LogP contribution in [-0.2, 0) is 4.74 Å². The number of rotatable bonds is 3. The first-order chi connectivity index (χ1) is 8.86. The van der Waals surface area contributed by atoms with Crippen LogP contribution < -0.4 is 5.32 Å². The molecule has 1 aliphatic carbocycles. The van der Waals surface area contributed by atoms with Gasteiger partial charge in [-0.2, -0.15) is 0 Å². The van der Waals surface area contributed by atoms with Crippen LogP contribution >= 0.6 is 0 Å². The van der Waals surface area contributed by atoms with Crippen molar-refractivity contribution in [3.05, 3.63) is 0 Å². The number of hydrogen-bond acceptors (Lipinski definition) is 2. The van der Waals surface area contributed by atoms with Gasteiger partial charge in [-0.3, -0.25) is 0 Å². The van der Waals surface area contributed by atoms with Crippen molar-refractivity contribution >= 4 is 6.03 Å². The average molecular weight is 254 g/mol. The Morgan fingerprint density at radius 2 is 1.78 bits per heavy atom. The fraction of sp³-hybridized carbons (Fsp3) is 0.929. The van der Waals surface area contributed by atoms with E-state index in [0.717, 1.165) is 32.0 Å². The molecule has 2 aliphatic rings. The summed E-state index contributed by atoms with van der Waals surface area (Å²) < 4.78 is 5.24. The lowest BCUT2D eigenvalue weighted by atomic mass is 9.97.